The predicted octanol–water partition coefficient (Wildman–Crippen LogP) is 4.11. The Kier molecular flexibility index (Phi) is 6.88. The number of carboxylic acid groups (broad SMARTS) is 1. The number of nitrogens with one attached hydrogen (secondary N) is 1. The molecule has 1 aromatic carbocycles. The third kappa shape index (κ3) is 5.14. The van der Waals surface area contributed by atoms with Gasteiger partial charge in [-0.3, -0.25) is 4.90 Å². The first kappa shape index (κ1) is 25.4. The number of nitrogens with zero attached hydrogens (tertiary/aromatic N) is 5. The third-order valence-electron chi connectivity index (χ3n) is 5.46. The molecule has 0 fully saturated rings. The first-order valence-electron chi connectivity index (χ1n) is 11.1. The largest absolute Gasteiger partial charge is 0.465 e. The zero-order valence-electron chi connectivity index (χ0n) is 20.6. The Bertz CT molecular complexity index is 1330. The quantitative estimate of drug-likeness (QED) is 0.508. The molecule has 34 heavy (non-hydrogen) atoms. The van der Waals surface area contributed by atoms with Crippen LogP contribution in [0.2, 0.25) is 0 Å². The first-order valence-corrected chi connectivity index (χ1v) is 13.0. The van der Waals surface area contributed by atoms with E-state index in [4.69, 9.17) is 0 Å². The van der Waals surface area contributed by atoms with E-state index in [1.54, 1.807) is 12.3 Å². The van der Waals surface area contributed by atoms with Crippen molar-refractivity contribution < 1.29 is 18.3 Å². The molecule has 0 saturated heterocycles. The molecule has 2 heterocycles. The minimum atomic E-state index is -3.65. The van der Waals surface area contributed by atoms with Crippen molar-refractivity contribution in [2.24, 2.45) is 0 Å². The fourth-order valence-corrected chi connectivity index (χ4v) is 4.29. The van der Waals surface area contributed by atoms with Crippen LogP contribution in [0.15, 0.2) is 29.6 Å². The molecule has 2 N–H and O–H groups in total. The number of aromatic nitrogens is 4. The van der Waals surface area contributed by atoms with Crippen molar-refractivity contribution in [3.8, 4) is 0 Å². The van der Waals surface area contributed by atoms with E-state index in [0.29, 0.717) is 17.9 Å². The van der Waals surface area contributed by atoms with E-state index < -0.39 is 21.5 Å². The minimum Gasteiger partial charge on any atom is -0.465 e. The lowest BCUT2D eigenvalue weighted by molar-refractivity contribution is 0.195. The van der Waals surface area contributed by atoms with Gasteiger partial charge in [0.2, 0.25) is 15.8 Å². The SMILES string of the molecule is CCc1ccc(N(C(=O)O)C(C)(C)C)cc1CNc1nc(S(C)(=O)=O)nc2c(C(C)C)cnn12. The molecule has 0 unspecified atom stereocenters. The Morgan fingerprint density at radius 1 is 1.21 bits per heavy atom. The normalized spacial score (nSPS) is 12.4. The molecule has 0 aliphatic carbocycles. The Morgan fingerprint density at radius 3 is 2.41 bits per heavy atom. The number of sulfone groups is 1. The summed E-state index contributed by atoms with van der Waals surface area (Å²) < 4.78 is 26.0. The molecule has 10 nitrogen and oxygen atoms in total. The van der Waals surface area contributed by atoms with Gasteiger partial charge in [0.25, 0.3) is 5.16 Å². The van der Waals surface area contributed by atoms with E-state index in [-0.39, 0.29) is 17.0 Å². The van der Waals surface area contributed by atoms with Crippen LogP contribution in [-0.2, 0) is 22.8 Å². The molecule has 0 saturated carbocycles. The highest BCUT2D eigenvalue weighted by atomic mass is 32.2. The van der Waals surface area contributed by atoms with E-state index in [1.807, 2.05) is 53.7 Å². The average Bonchev–Trinajstić information content (AvgIpc) is 3.14. The Hall–Kier alpha value is -3.21. The third-order valence-corrected chi connectivity index (χ3v) is 6.30. The van der Waals surface area contributed by atoms with E-state index in [0.717, 1.165) is 29.4 Å². The second kappa shape index (κ2) is 9.21. The molecule has 0 spiro atoms. The van der Waals surface area contributed by atoms with Gasteiger partial charge in [0.05, 0.1) is 6.20 Å². The number of benzene rings is 1. The summed E-state index contributed by atoms with van der Waals surface area (Å²) in [6, 6.07) is 5.55. The number of anilines is 2. The van der Waals surface area contributed by atoms with Gasteiger partial charge in [-0.15, -0.1) is 0 Å². The van der Waals surface area contributed by atoms with Crippen molar-refractivity contribution in [2.75, 3.05) is 16.5 Å². The number of fused-ring (bicyclic) bond motifs is 1. The monoisotopic (exact) mass is 488 g/mol. The zero-order chi connectivity index (χ0) is 25.4. The molecular formula is C23H32N6O4S. The number of amides is 1. The topological polar surface area (TPSA) is 130 Å². The lowest BCUT2D eigenvalue weighted by Gasteiger charge is -2.33. The summed E-state index contributed by atoms with van der Waals surface area (Å²) in [4.78, 5) is 21.8. The van der Waals surface area contributed by atoms with Gasteiger partial charge in [0.15, 0.2) is 5.65 Å². The van der Waals surface area contributed by atoms with Crippen LogP contribution in [0.25, 0.3) is 5.65 Å². The summed E-state index contributed by atoms with van der Waals surface area (Å²) in [6.45, 7) is 11.8. The molecule has 1 amide bonds. The molecule has 2 aromatic heterocycles. The Labute approximate surface area is 200 Å². The van der Waals surface area contributed by atoms with Gasteiger partial charge in [-0.1, -0.05) is 26.8 Å². The minimum absolute atomic E-state index is 0.0930. The molecule has 0 atom stereocenters. The van der Waals surface area contributed by atoms with Crippen LogP contribution in [0.5, 0.6) is 0 Å². The number of aryl methyl sites for hydroxylation is 1. The van der Waals surface area contributed by atoms with Crippen molar-refractivity contribution in [3.63, 3.8) is 0 Å². The van der Waals surface area contributed by atoms with Gasteiger partial charge in [0.1, 0.15) is 0 Å². The summed E-state index contributed by atoms with van der Waals surface area (Å²) in [6.07, 6.45) is 2.44. The summed E-state index contributed by atoms with van der Waals surface area (Å²) in [7, 11) is -3.65. The van der Waals surface area contributed by atoms with Crippen LogP contribution < -0.4 is 10.2 Å². The second-order valence-electron chi connectivity index (χ2n) is 9.54. The molecule has 0 bridgehead atoms. The fourth-order valence-electron chi connectivity index (χ4n) is 3.78. The highest BCUT2D eigenvalue weighted by molar-refractivity contribution is 7.90. The van der Waals surface area contributed by atoms with E-state index in [2.05, 4.69) is 20.4 Å². The van der Waals surface area contributed by atoms with E-state index in [9.17, 15) is 18.3 Å². The molecular weight excluding hydrogens is 456 g/mol. The first-order chi connectivity index (χ1) is 15.7. The highest BCUT2D eigenvalue weighted by Gasteiger charge is 2.28. The molecule has 3 rings (SSSR count). The maximum atomic E-state index is 12.2. The number of rotatable bonds is 7. The van der Waals surface area contributed by atoms with Crippen LogP contribution in [0.1, 0.15) is 64.2 Å². The molecule has 0 aliphatic rings. The standard InChI is InChI=1S/C23H32N6O4S/c1-8-15-9-10-17(28(22(30)31)23(4,5)6)11-16(15)12-24-20-27-21(34(7,32)33)26-19-18(14(2)3)13-25-29(19)20/h9-11,13-14H,8,12H2,1-7H3,(H,30,31)(H,24,26,27). The van der Waals surface area contributed by atoms with Gasteiger partial charge in [-0.05, 0) is 56.4 Å². The van der Waals surface area contributed by atoms with Crippen LogP contribution in [-0.4, -0.2) is 51.0 Å². The van der Waals surface area contributed by atoms with Gasteiger partial charge in [0, 0.05) is 29.6 Å². The van der Waals surface area contributed by atoms with Gasteiger partial charge in [-0.2, -0.15) is 19.6 Å². The second-order valence-corrected chi connectivity index (χ2v) is 11.5. The van der Waals surface area contributed by atoms with E-state index in [1.165, 1.54) is 9.42 Å². The number of hydrogen-bond acceptors (Lipinski definition) is 7. The molecule has 184 valence electrons. The van der Waals surface area contributed by atoms with E-state index >= 15 is 0 Å². The van der Waals surface area contributed by atoms with Gasteiger partial charge >= 0.3 is 6.09 Å². The number of hydrogen-bond donors (Lipinski definition) is 2. The van der Waals surface area contributed by atoms with Crippen LogP contribution >= 0.6 is 0 Å². The van der Waals surface area contributed by atoms with Crippen molar-refractivity contribution in [3.05, 3.63) is 41.1 Å². The molecule has 0 aliphatic heterocycles. The lowest BCUT2D eigenvalue weighted by Crippen LogP contribution is -2.45. The number of carbonyl (C=O) groups is 1. The van der Waals surface area contributed by atoms with Crippen molar-refractivity contribution in [1.29, 1.82) is 0 Å². The predicted molar refractivity (Wildman–Crippen MR) is 131 cm³/mol. The van der Waals surface area contributed by atoms with Crippen LogP contribution in [0, 0.1) is 0 Å². The lowest BCUT2D eigenvalue weighted by atomic mass is 10.0. The fraction of sp³-hybridized carbons (Fsp3) is 0.478. The van der Waals surface area contributed by atoms with Gasteiger partial charge in [-0.25, -0.2) is 13.2 Å². The zero-order valence-corrected chi connectivity index (χ0v) is 21.4. The van der Waals surface area contributed by atoms with Crippen LogP contribution in [0.4, 0.5) is 16.4 Å². The van der Waals surface area contributed by atoms with Crippen LogP contribution in [0.3, 0.4) is 0 Å². The average molecular weight is 489 g/mol. The smallest absolute Gasteiger partial charge is 0.412 e. The Balaban J connectivity index is 2.06. The molecule has 3 aromatic rings. The van der Waals surface area contributed by atoms with Crippen molar-refractivity contribution >= 4 is 33.2 Å². The molecule has 0 radical (unpaired) electrons. The van der Waals surface area contributed by atoms with Crippen molar-refractivity contribution in [1.82, 2.24) is 19.6 Å². The summed E-state index contributed by atoms with van der Waals surface area (Å²) in [5.74, 6) is 0.339. The van der Waals surface area contributed by atoms with Gasteiger partial charge < -0.3 is 10.4 Å². The summed E-state index contributed by atoms with van der Waals surface area (Å²) in [5.41, 5.74) is 3.08. The maximum Gasteiger partial charge on any atom is 0.412 e. The summed E-state index contributed by atoms with van der Waals surface area (Å²) >= 11 is 0. The highest BCUT2D eigenvalue weighted by Crippen LogP contribution is 2.28. The Morgan fingerprint density at radius 2 is 1.88 bits per heavy atom. The van der Waals surface area contributed by atoms with Crippen molar-refractivity contribution in [2.45, 2.75) is 71.1 Å². The molecule has 11 heteroatoms. The summed E-state index contributed by atoms with van der Waals surface area (Å²) in [5, 5.41) is 17.1. The maximum absolute atomic E-state index is 12.2.